The summed E-state index contributed by atoms with van der Waals surface area (Å²) < 4.78 is 31.0. The number of rotatable bonds is 9. The molecule has 3 heterocycles. The van der Waals surface area contributed by atoms with E-state index in [0.29, 0.717) is 23.8 Å². The molecule has 0 radical (unpaired) electrons. The highest BCUT2D eigenvalue weighted by atomic mass is 19.1. The van der Waals surface area contributed by atoms with Crippen molar-refractivity contribution in [2.75, 3.05) is 13.3 Å². The minimum Gasteiger partial charge on any atom is -0.471 e. The van der Waals surface area contributed by atoms with Gasteiger partial charge in [0.1, 0.15) is 5.60 Å². The van der Waals surface area contributed by atoms with Crippen molar-refractivity contribution in [1.82, 2.24) is 15.6 Å². The van der Waals surface area contributed by atoms with Gasteiger partial charge >= 0.3 is 0 Å². The molecule has 0 unspecified atom stereocenters. The number of aliphatic hydroxyl groups is 1. The number of carbonyl (C=O) groups excluding carboxylic acids is 1. The SMILES string of the molecule is C[C@@H](F)C(=O)N[C@@H](Cc1ccc2c(c1)OCO2)[C@@H](O)CN[C@H]1CC2(CCC2)Oc2ncc(CC(C)(C)C)cc21. The first-order valence-corrected chi connectivity index (χ1v) is 13.9. The Balaban J connectivity index is 1.33. The molecule has 0 saturated heterocycles. The molecular weight excluding hydrogens is 501 g/mol. The van der Waals surface area contributed by atoms with Crippen molar-refractivity contribution in [2.24, 2.45) is 5.41 Å². The van der Waals surface area contributed by atoms with Gasteiger partial charge < -0.3 is 30.0 Å². The topological polar surface area (TPSA) is 102 Å². The van der Waals surface area contributed by atoms with Crippen molar-refractivity contribution in [1.29, 1.82) is 0 Å². The lowest BCUT2D eigenvalue weighted by Gasteiger charge is -2.47. The van der Waals surface area contributed by atoms with Crippen molar-refractivity contribution in [2.45, 2.75) is 96.2 Å². The quantitative estimate of drug-likeness (QED) is 0.438. The third-order valence-electron chi connectivity index (χ3n) is 7.82. The number of alkyl halides is 1. The Morgan fingerprint density at radius 1 is 1.21 bits per heavy atom. The third-order valence-corrected chi connectivity index (χ3v) is 7.82. The zero-order chi connectivity index (χ0) is 27.8. The Morgan fingerprint density at radius 2 is 1.97 bits per heavy atom. The van der Waals surface area contributed by atoms with Crippen LogP contribution in [-0.2, 0) is 17.6 Å². The average molecular weight is 542 g/mol. The molecule has 9 heteroatoms. The summed E-state index contributed by atoms with van der Waals surface area (Å²) in [5, 5.41) is 17.5. The molecule has 39 heavy (non-hydrogen) atoms. The Hall–Kier alpha value is -2.91. The lowest BCUT2D eigenvalue weighted by atomic mass is 9.73. The van der Waals surface area contributed by atoms with Crippen LogP contribution in [0.15, 0.2) is 30.5 Å². The maximum atomic E-state index is 13.8. The number of carbonyl (C=O) groups is 1. The lowest BCUT2D eigenvalue weighted by Crippen LogP contribution is -2.53. The molecule has 1 amide bonds. The van der Waals surface area contributed by atoms with Crippen molar-refractivity contribution >= 4 is 5.91 Å². The van der Waals surface area contributed by atoms with Crippen LogP contribution in [0.25, 0.3) is 0 Å². The number of aromatic nitrogens is 1. The summed E-state index contributed by atoms with van der Waals surface area (Å²) >= 11 is 0. The zero-order valence-corrected chi connectivity index (χ0v) is 23.3. The molecule has 1 aliphatic carbocycles. The summed E-state index contributed by atoms with van der Waals surface area (Å²) in [6.45, 7) is 8.16. The number of nitrogens with one attached hydrogen (secondary N) is 2. The predicted molar refractivity (Wildman–Crippen MR) is 145 cm³/mol. The highest BCUT2D eigenvalue weighted by Crippen LogP contribution is 2.48. The van der Waals surface area contributed by atoms with Gasteiger partial charge in [-0.1, -0.05) is 26.8 Å². The molecule has 1 fully saturated rings. The maximum absolute atomic E-state index is 13.8. The Morgan fingerprint density at radius 3 is 2.67 bits per heavy atom. The van der Waals surface area contributed by atoms with E-state index < -0.39 is 24.2 Å². The molecule has 5 rings (SSSR count). The van der Waals surface area contributed by atoms with Crippen LogP contribution in [0.4, 0.5) is 4.39 Å². The summed E-state index contributed by atoms with van der Waals surface area (Å²) in [5.74, 6) is 1.18. The smallest absolute Gasteiger partial charge is 0.254 e. The number of amides is 1. The first kappa shape index (κ1) is 27.6. The Kier molecular flexibility index (Phi) is 7.75. The highest BCUT2D eigenvalue weighted by Gasteiger charge is 2.46. The van der Waals surface area contributed by atoms with Crippen molar-refractivity contribution < 1.29 is 28.5 Å². The summed E-state index contributed by atoms with van der Waals surface area (Å²) in [6, 6.07) is 6.91. The van der Waals surface area contributed by atoms with Crippen LogP contribution in [0.5, 0.6) is 17.4 Å². The fourth-order valence-electron chi connectivity index (χ4n) is 5.65. The van der Waals surface area contributed by atoms with Gasteiger partial charge in [-0.25, -0.2) is 9.37 Å². The van der Waals surface area contributed by atoms with Gasteiger partial charge in [-0.2, -0.15) is 0 Å². The minimum atomic E-state index is -1.68. The van der Waals surface area contributed by atoms with Gasteiger partial charge in [0.15, 0.2) is 17.7 Å². The summed E-state index contributed by atoms with van der Waals surface area (Å²) in [4.78, 5) is 17.0. The van der Waals surface area contributed by atoms with E-state index in [-0.39, 0.29) is 30.4 Å². The molecule has 1 aromatic heterocycles. The van der Waals surface area contributed by atoms with Gasteiger partial charge in [0.25, 0.3) is 5.91 Å². The molecule has 1 saturated carbocycles. The van der Waals surface area contributed by atoms with Gasteiger partial charge in [0, 0.05) is 30.8 Å². The van der Waals surface area contributed by atoms with E-state index >= 15 is 0 Å². The van der Waals surface area contributed by atoms with Crippen LogP contribution in [0, 0.1) is 5.41 Å². The Bertz CT molecular complexity index is 1190. The molecule has 3 aliphatic rings. The van der Waals surface area contributed by atoms with E-state index in [9.17, 15) is 14.3 Å². The number of aliphatic hydroxyl groups excluding tert-OH is 1. The Labute approximate surface area is 229 Å². The van der Waals surface area contributed by atoms with E-state index in [0.717, 1.165) is 48.8 Å². The molecule has 3 N–H and O–H groups in total. The van der Waals surface area contributed by atoms with Crippen LogP contribution >= 0.6 is 0 Å². The predicted octanol–water partition coefficient (Wildman–Crippen LogP) is 4.18. The van der Waals surface area contributed by atoms with Gasteiger partial charge in [0.2, 0.25) is 12.7 Å². The molecule has 8 nitrogen and oxygen atoms in total. The van der Waals surface area contributed by atoms with Crippen LogP contribution in [0.3, 0.4) is 0 Å². The number of ether oxygens (including phenoxy) is 3. The zero-order valence-electron chi connectivity index (χ0n) is 23.3. The second kappa shape index (κ2) is 10.9. The van der Waals surface area contributed by atoms with Gasteiger partial charge in [-0.15, -0.1) is 0 Å². The summed E-state index contributed by atoms with van der Waals surface area (Å²) in [5.41, 5.74) is 2.88. The normalized spacial score (nSPS) is 21.3. The fraction of sp³-hybridized carbons (Fsp3) is 0.600. The van der Waals surface area contributed by atoms with E-state index in [1.165, 1.54) is 6.92 Å². The van der Waals surface area contributed by atoms with Crippen LogP contribution in [-0.4, -0.2) is 53.3 Å². The molecule has 0 bridgehead atoms. The monoisotopic (exact) mass is 541 g/mol. The lowest BCUT2D eigenvalue weighted by molar-refractivity contribution is -0.126. The number of pyridine rings is 1. The van der Waals surface area contributed by atoms with Gasteiger partial charge in [0.05, 0.1) is 12.1 Å². The van der Waals surface area contributed by atoms with Crippen LogP contribution in [0.2, 0.25) is 0 Å². The number of halogens is 1. The summed E-state index contributed by atoms with van der Waals surface area (Å²) in [6.07, 6.45) is 4.33. The molecule has 1 spiro atoms. The number of hydrogen-bond acceptors (Lipinski definition) is 7. The number of fused-ring (bicyclic) bond motifs is 2. The second-order valence-electron chi connectivity index (χ2n) is 12.5. The maximum Gasteiger partial charge on any atom is 0.254 e. The van der Waals surface area contributed by atoms with Gasteiger partial charge in [-0.3, -0.25) is 4.79 Å². The molecule has 212 valence electrons. The standard InChI is InChI=1S/C30H40FN3O5/c1-18(31)27(36)34-22(11-19-6-7-25-26(12-19)38-17-37-25)24(35)16-32-23-14-30(8-5-9-30)39-28-21(23)10-20(15-33-28)13-29(2,3)4/h6-7,10,12,15,18,22-24,32,35H,5,8-9,11,13-14,16-17H2,1-4H3,(H,34,36)/t18-,22+,23+,24+/m1/s1. The first-order chi connectivity index (χ1) is 18.5. The number of hydrogen-bond donors (Lipinski definition) is 3. The number of benzene rings is 1. The van der Waals surface area contributed by atoms with E-state index in [1.54, 1.807) is 6.07 Å². The second-order valence-corrected chi connectivity index (χ2v) is 12.5. The van der Waals surface area contributed by atoms with Gasteiger partial charge in [-0.05, 0) is 73.8 Å². The fourth-order valence-corrected chi connectivity index (χ4v) is 5.65. The van der Waals surface area contributed by atoms with E-state index in [2.05, 4.69) is 37.5 Å². The van der Waals surface area contributed by atoms with Crippen LogP contribution < -0.4 is 24.8 Å². The highest BCUT2D eigenvalue weighted by molar-refractivity contribution is 5.80. The molecule has 2 aliphatic heterocycles. The van der Waals surface area contributed by atoms with Crippen LogP contribution in [0.1, 0.15) is 76.1 Å². The number of nitrogens with zero attached hydrogens (tertiary/aromatic N) is 1. The largest absolute Gasteiger partial charge is 0.471 e. The molecule has 4 atom stereocenters. The average Bonchev–Trinajstić information content (AvgIpc) is 3.32. The van der Waals surface area contributed by atoms with Crippen molar-refractivity contribution in [3.05, 3.63) is 47.2 Å². The molecular formula is C30H40FN3O5. The third kappa shape index (κ3) is 6.47. The summed E-state index contributed by atoms with van der Waals surface area (Å²) in [7, 11) is 0. The first-order valence-electron chi connectivity index (χ1n) is 13.9. The van der Waals surface area contributed by atoms with Crippen molar-refractivity contribution in [3.8, 4) is 17.4 Å². The molecule has 2 aromatic rings. The van der Waals surface area contributed by atoms with Crippen molar-refractivity contribution in [3.63, 3.8) is 0 Å². The minimum absolute atomic E-state index is 0.0573. The van der Waals surface area contributed by atoms with E-state index in [4.69, 9.17) is 19.2 Å². The van der Waals surface area contributed by atoms with E-state index in [1.807, 2.05) is 18.3 Å². The molecule has 1 aromatic carbocycles.